The van der Waals surface area contributed by atoms with Crippen LogP contribution in [0.5, 0.6) is 5.88 Å². The number of halogens is 1. The standard InChI is InChI=1S/C21H17FN4O3/c1-29-18-7-6-17-19(24-18)26(13-14-2-4-16(22)5-3-14)21(28)20(27)25(17)12-15-8-10-23-11-9-15/h2-11H,12-13H2,1H3. The highest BCUT2D eigenvalue weighted by Gasteiger charge is 2.16. The number of hydrogen-bond donors (Lipinski definition) is 0. The molecule has 0 saturated heterocycles. The maximum atomic E-state index is 13.2. The highest BCUT2D eigenvalue weighted by molar-refractivity contribution is 5.71. The molecule has 4 rings (SSSR count). The van der Waals surface area contributed by atoms with Crippen LogP contribution in [0.25, 0.3) is 11.2 Å². The maximum Gasteiger partial charge on any atom is 0.318 e. The van der Waals surface area contributed by atoms with E-state index >= 15 is 0 Å². The van der Waals surface area contributed by atoms with Gasteiger partial charge in [-0.3, -0.25) is 23.7 Å². The third-order valence-corrected chi connectivity index (χ3v) is 4.60. The summed E-state index contributed by atoms with van der Waals surface area (Å²) in [6.45, 7) is 0.291. The van der Waals surface area contributed by atoms with Crippen LogP contribution in [0.15, 0.2) is 70.5 Å². The fourth-order valence-electron chi connectivity index (χ4n) is 3.13. The topological polar surface area (TPSA) is 79.0 Å². The van der Waals surface area contributed by atoms with Gasteiger partial charge in [0.05, 0.1) is 25.7 Å². The summed E-state index contributed by atoms with van der Waals surface area (Å²) < 4.78 is 21.1. The molecule has 0 bridgehead atoms. The van der Waals surface area contributed by atoms with Gasteiger partial charge in [0.2, 0.25) is 5.88 Å². The van der Waals surface area contributed by atoms with E-state index in [1.54, 1.807) is 48.8 Å². The van der Waals surface area contributed by atoms with Gasteiger partial charge in [0.15, 0.2) is 5.65 Å². The van der Waals surface area contributed by atoms with Gasteiger partial charge in [-0.05, 0) is 41.5 Å². The summed E-state index contributed by atoms with van der Waals surface area (Å²) in [4.78, 5) is 34.2. The lowest BCUT2D eigenvalue weighted by molar-refractivity contribution is 0.398. The van der Waals surface area contributed by atoms with Crippen molar-refractivity contribution < 1.29 is 9.13 Å². The second-order valence-electron chi connectivity index (χ2n) is 6.46. The Morgan fingerprint density at radius 1 is 0.862 bits per heavy atom. The Kier molecular flexibility index (Phi) is 4.90. The number of aromatic nitrogens is 4. The van der Waals surface area contributed by atoms with Crippen molar-refractivity contribution in [2.45, 2.75) is 13.1 Å². The van der Waals surface area contributed by atoms with Crippen molar-refractivity contribution in [1.82, 2.24) is 19.1 Å². The Labute approximate surface area is 164 Å². The molecule has 0 N–H and O–H groups in total. The summed E-state index contributed by atoms with van der Waals surface area (Å²) in [6, 6.07) is 12.6. The third-order valence-electron chi connectivity index (χ3n) is 4.60. The first kappa shape index (κ1) is 18.5. The highest BCUT2D eigenvalue weighted by atomic mass is 19.1. The van der Waals surface area contributed by atoms with Gasteiger partial charge in [-0.1, -0.05) is 12.1 Å². The molecule has 0 aliphatic rings. The molecule has 0 amide bonds. The molecule has 7 nitrogen and oxygen atoms in total. The highest BCUT2D eigenvalue weighted by Crippen LogP contribution is 2.16. The monoisotopic (exact) mass is 392 g/mol. The van der Waals surface area contributed by atoms with Crippen LogP contribution in [-0.4, -0.2) is 26.2 Å². The fourth-order valence-corrected chi connectivity index (χ4v) is 3.13. The first-order valence-corrected chi connectivity index (χ1v) is 8.88. The van der Waals surface area contributed by atoms with Gasteiger partial charge in [-0.15, -0.1) is 0 Å². The van der Waals surface area contributed by atoms with Crippen molar-refractivity contribution in [3.05, 3.63) is 98.6 Å². The molecule has 1 aromatic carbocycles. The van der Waals surface area contributed by atoms with E-state index in [0.717, 1.165) is 5.56 Å². The minimum atomic E-state index is -0.711. The van der Waals surface area contributed by atoms with E-state index in [1.165, 1.54) is 28.4 Å². The van der Waals surface area contributed by atoms with E-state index in [2.05, 4.69) is 9.97 Å². The third kappa shape index (κ3) is 3.64. The predicted molar refractivity (Wildman–Crippen MR) is 106 cm³/mol. The molecule has 0 fully saturated rings. The number of ether oxygens (including phenoxy) is 1. The van der Waals surface area contributed by atoms with E-state index in [9.17, 15) is 14.0 Å². The van der Waals surface area contributed by atoms with Crippen LogP contribution in [0.2, 0.25) is 0 Å². The van der Waals surface area contributed by atoms with Crippen LogP contribution < -0.4 is 15.9 Å². The molecule has 0 saturated carbocycles. The molecule has 0 spiro atoms. The Balaban J connectivity index is 1.92. The van der Waals surface area contributed by atoms with Crippen LogP contribution >= 0.6 is 0 Å². The van der Waals surface area contributed by atoms with Crippen LogP contribution in [0, 0.1) is 5.82 Å². The zero-order valence-electron chi connectivity index (χ0n) is 15.6. The Bertz CT molecular complexity index is 1280. The molecule has 3 heterocycles. The minimum Gasteiger partial charge on any atom is -0.481 e. The molecule has 8 heteroatoms. The van der Waals surface area contributed by atoms with Gasteiger partial charge in [0.1, 0.15) is 5.82 Å². The summed E-state index contributed by atoms with van der Waals surface area (Å²) in [5.74, 6) is -0.0580. The maximum absolute atomic E-state index is 13.2. The number of fused-ring (bicyclic) bond motifs is 1. The van der Waals surface area contributed by atoms with Crippen molar-refractivity contribution in [2.75, 3.05) is 7.11 Å². The molecule has 4 aromatic rings. The summed E-state index contributed by atoms with van der Waals surface area (Å²) >= 11 is 0. The molecule has 0 aliphatic heterocycles. The second kappa shape index (κ2) is 7.67. The van der Waals surface area contributed by atoms with E-state index in [4.69, 9.17) is 4.74 Å². The van der Waals surface area contributed by atoms with Gasteiger partial charge in [-0.2, -0.15) is 4.98 Å². The zero-order chi connectivity index (χ0) is 20.4. The Morgan fingerprint density at radius 2 is 1.48 bits per heavy atom. The molecule has 0 aliphatic carbocycles. The van der Waals surface area contributed by atoms with Gasteiger partial charge in [0, 0.05) is 18.5 Å². The number of rotatable bonds is 5. The SMILES string of the molecule is COc1ccc2c(n1)n(Cc1ccc(F)cc1)c(=O)c(=O)n2Cc1ccncc1. The average molecular weight is 392 g/mol. The summed E-state index contributed by atoms with van der Waals surface area (Å²) in [5, 5.41) is 0. The summed E-state index contributed by atoms with van der Waals surface area (Å²) in [7, 11) is 1.48. The number of hydrogen-bond acceptors (Lipinski definition) is 5. The lowest BCUT2D eigenvalue weighted by Gasteiger charge is -2.15. The Morgan fingerprint density at radius 3 is 2.17 bits per heavy atom. The number of benzene rings is 1. The van der Waals surface area contributed by atoms with E-state index in [0.29, 0.717) is 22.6 Å². The van der Waals surface area contributed by atoms with Crippen molar-refractivity contribution in [1.29, 1.82) is 0 Å². The number of methoxy groups -OCH3 is 1. The van der Waals surface area contributed by atoms with Crippen molar-refractivity contribution in [3.8, 4) is 5.88 Å². The van der Waals surface area contributed by atoms with Crippen LogP contribution in [0.4, 0.5) is 4.39 Å². The van der Waals surface area contributed by atoms with Gasteiger partial charge in [0.25, 0.3) is 0 Å². The van der Waals surface area contributed by atoms with E-state index in [1.807, 2.05) is 0 Å². The van der Waals surface area contributed by atoms with Gasteiger partial charge >= 0.3 is 11.1 Å². The molecule has 0 atom stereocenters. The predicted octanol–water partition coefficient (Wildman–Crippen LogP) is 2.20. The van der Waals surface area contributed by atoms with Crippen molar-refractivity contribution in [2.24, 2.45) is 0 Å². The molecular weight excluding hydrogens is 375 g/mol. The quantitative estimate of drug-likeness (QED) is 0.487. The molecular formula is C21H17FN4O3. The van der Waals surface area contributed by atoms with Gasteiger partial charge in [-0.25, -0.2) is 4.39 Å². The lowest BCUT2D eigenvalue weighted by Crippen LogP contribution is -2.42. The van der Waals surface area contributed by atoms with Gasteiger partial charge < -0.3 is 4.74 Å². The lowest BCUT2D eigenvalue weighted by atomic mass is 10.2. The smallest absolute Gasteiger partial charge is 0.318 e. The zero-order valence-corrected chi connectivity index (χ0v) is 15.6. The second-order valence-corrected chi connectivity index (χ2v) is 6.46. The van der Waals surface area contributed by atoms with Crippen LogP contribution in [0.1, 0.15) is 11.1 Å². The molecule has 0 unspecified atom stereocenters. The summed E-state index contributed by atoms with van der Waals surface area (Å²) in [6.07, 6.45) is 3.25. The largest absolute Gasteiger partial charge is 0.481 e. The first-order valence-electron chi connectivity index (χ1n) is 8.88. The average Bonchev–Trinajstić information content (AvgIpc) is 2.76. The van der Waals surface area contributed by atoms with E-state index < -0.39 is 11.1 Å². The van der Waals surface area contributed by atoms with Crippen LogP contribution in [-0.2, 0) is 13.1 Å². The fraction of sp³-hybridized carbons (Fsp3) is 0.143. The molecule has 29 heavy (non-hydrogen) atoms. The van der Waals surface area contributed by atoms with Crippen molar-refractivity contribution in [3.63, 3.8) is 0 Å². The molecule has 3 aromatic heterocycles. The first-order chi connectivity index (χ1) is 14.1. The number of nitrogens with zero attached hydrogens (tertiary/aromatic N) is 4. The van der Waals surface area contributed by atoms with Crippen molar-refractivity contribution >= 4 is 11.2 Å². The summed E-state index contributed by atoms with van der Waals surface area (Å²) in [5.41, 5.74) is 0.933. The molecule has 146 valence electrons. The Hall–Kier alpha value is -3.81. The van der Waals surface area contributed by atoms with Crippen LogP contribution in [0.3, 0.4) is 0 Å². The normalized spacial score (nSPS) is 11.0. The molecule has 0 radical (unpaired) electrons. The van der Waals surface area contributed by atoms with E-state index in [-0.39, 0.29) is 18.9 Å². The minimum absolute atomic E-state index is 0.0844. The number of pyridine rings is 2.